The molecule has 1 aliphatic rings. The zero-order valence-electron chi connectivity index (χ0n) is 5.46. The minimum absolute atomic E-state index is 0.0648. The summed E-state index contributed by atoms with van der Waals surface area (Å²) in [5.41, 5.74) is 1.23. The van der Waals surface area contributed by atoms with E-state index in [1.807, 2.05) is 18.2 Å². The second-order valence-corrected chi connectivity index (χ2v) is 2.09. The summed E-state index contributed by atoms with van der Waals surface area (Å²) in [5, 5.41) is 8.53. The van der Waals surface area contributed by atoms with E-state index in [0.29, 0.717) is 0 Å². The molecule has 0 spiro atoms. The van der Waals surface area contributed by atoms with Crippen molar-refractivity contribution >= 4 is 0 Å². The molecule has 1 heteroatoms. The molecule has 0 aromatic heterocycles. The summed E-state index contributed by atoms with van der Waals surface area (Å²) in [6.07, 6.45) is 6.89. The lowest BCUT2D eigenvalue weighted by Gasteiger charge is -1.99. The molecule has 46 valence electrons. The third kappa shape index (κ3) is 1.02. The fourth-order valence-corrected chi connectivity index (χ4v) is 0.981. The maximum Gasteiger partial charge on any atom is 0.0859 e. The van der Waals surface area contributed by atoms with Crippen LogP contribution >= 0.6 is 0 Å². The maximum absolute atomic E-state index is 8.53. The van der Waals surface area contributed by atoms with Crippen molar-refractivity contribution in [1.29, 1.82) is 5.26 Å². The molecular formula is C8H9N. The van der Waals surface area contributed by atoms with Crippen LogP contribution < -0.4 is 0 Å². The normalized spacial score (nSPS) is 23.6. The maximum atomic E-state index is 8.53. The van der Waals surface area contributed by atoms with Gasteiger partial charge in [0.15, 0.2) is 0 Å². The van der Waals surface area contributed by atoms with Crippen molar-refractivity contribution in [1.82, 2.24) is 0 Å². The van der Waals surface area contributed by atoms with Crippen molar-refractivity contribution in [3.05, 3.63) is 23.8 Å². The molecule has 0 bridgehead atoms. The van der Waals surface area contributed by atoms with Gasteiger partial charge in [-0.1, -0.05) is 25.2 Å². The Morgan fingerprint density at radius 1 is 1.78 bits per heavy atom. The quantitative estimate of drug-likeness (QED) is 0.518. The van der Waals surface area contributed by atoms with E-state index >= 15 is 0 Å². The van der Waals surface area contributed by atoms with Gasteiger partial charge < -0.3 is 0 Å². The SMILES string of the molecule is CCC1=CC=CC1C#N. The van der Waals surface area contributed by atoms with Crippen LogP contribution in [0.15, 0.2) is 23.8 Å². The van der Waals surface area contributed by atoms with E-state index in [4.69, 9.17) is 5.26 Å². The highest BCUT2D eigenvalue weighted by molar-refractivity contribution is 5.32. The van der Waals surface area contributed by atoms with Crippen LogP contribution in [-0.2, 0) is 0 Å². The van der Waals surface area contributed by atoms with Crippen LogP contribution in [0.3, 0.4) is 0 Å². The molecule has 1 unspecified atom stereocenters. The number of nitriles is 1. The fourth-order valence-electron chi connectivity index (χ4n) is 0.981. The zero-order valence-corrected chi connectivity index (χ0v) is 5.46. The van der Waals surface area contributed by atoms with Gasteiger partial charge in [-0.2, -0.15) is 5.26 Å². The molecule has 9 heavy (non-hydrogen) atoms. The number of allylic oxidation sites excluding steroid dienone is 4. The minimum atomic E-state index is 0.0648. The number of hydrogen-bond acceptors (Lipinski definition) is 1. The first-order valence-electron chi connectivity index (χ1n) is 3.15. The summed E-state index contributed by atoms with van der Waals surface area (Å²) in [4.78, 5) is 0. The van der Waals surface area contributed by atoms with Crippen LogP contribution in [0.1, 0.15) is 13.3 Å². The molecule has 0 N–H and O–H groups in total. The first-order chi connectivity index (χ1) is 4.38. The largest absolute Gasteiger partial charge is 0.197 e. The van der Waals surface area contributed by atoms with Crippen LogP contribution in [0, 0.1) is 17.2 Å². The van der Waals surface area contributed by atoms with E-state index in [9.17, 15) is 0 Å². The highest BCUT2D eigenvalue weighted by Gasteiger charge is 2.10. The third-order valence-corrected chi connectivity index (χ3v) is 1.56. The molecule has 1 atom stereocenters. The van der Waals surface area contributed by atoms with Gasteiger partial charge in [0.05, 0.1) is 12.0 Å². The number of hydrogen-bond donors (Lipinski definition) is 0. The average Bonchev–Trinajstić information content (AvgIpc) is 2.33. The predicted octanol–water partition coefficient (Wildman–Crippen LogP) is 2.03. The smallest absolute Gasteiger partial charge is 0.0859 e. The molecule has 0 fully saturated rings. The third-order valence-electron chi connectivity index (χ3n) is 1.56. The molecular weight excluding hydrogens is 110 g/mol. The highest BCUT2D eigenvalue weighted by atomic mass is 14.3. The first-order valence-corrected chi connectivity index (χ1v) is 3.15. The van der Waals surface area contributed by atoms with Gasteiger partial charge in [-0.15, -0.1) is 0 Å². The molecule has 1 nitrogen and oxygen atoms in total. The second-order valence-electron chi connectivity index (χ2n) is 2.09. The molecule has 0 aromatic rings. The predicted molar refractivity (Wildman–Crippen MR) is 36.6 cm³/mol. The van der Waals surface area contributed by atoms with Gasteiger partial charge in [-0.25, -0.2) is 0 Å². The van der Waals surface area contributed by atoms with Crippen molar-refractivity contribution in [2.24, 2.45) is 5.92 Å². The molecule has 1 aliphatic carbocycles. The van der Waals surface area contributed by atoms with Gasteiger partial charge in [-0.05, 0) is 12.0 Å². The summed E-state index contributed by atoms with van der Waals surface area (Å²) in [7, 11) is 0. The molecule has 0 saturated carbocycles. The van der Waals surface area contributed by atoms with Gasteiger partial charge in [0.25, 0.3) is 0 Å². The van der Waals surface area contributed by atoms with E-state index < -0.39 is 0 Å². The Bertz CT molecular complexity index is 193. The standard InChI is InChI=1S/C8H9N/c1-2-7-4-3-5-8(7)6-9/h3-5,8H,2H2,1H3. The molecule has 0 saturated heterocycles. The molecule has 0 aliphatic heterocycles. The molecule has 0 aromatic carbocycles. The number of rotatable bonds is 1. The van der Waals surface area contributed by atoms with Gasteiger partial charge in [0.2, 0.25) is 0 Å². The van der Waals surface area contributed by atoms with Crippen molar-refractivity contribution in [3.63, 3.8) is 0 Å². The Balaban J connectivity index is 2.69. The lowest BCUT2D eigenvalue weighted by atomic mass is 10.0. The van der Waals surface area contributed by atoms with E-state index in [-0.39, 0.29) is 5.92 Å². The summed E-state index contributed by atoms with van der Waals surface area (Å²) in [6.45, 7) is 2.07. The van der Waals surface area contributed by atoms with Crippen molar-refractivity contribution in [2.45, 2.75) is 13.3 Å². The Hall–Kier alpha value is -1.03. The monoisotopic (exact) mass is 119 g/mol. The van der Waals surface area contributed by atoms with Gasteiger partial charge >= 0.3 is 0 Å². The summed E-state index contributed by atoms with van der Waals surface area (Å²) in [5.74, 6) is 0.0648. The average molecular weight is 119 g/mol. The van der Waals surface area contributed by atoms with Crippen molar-refractivity contribution in [2.75, 3.05) is 0 Å². The summed E-state index contributed by atoms with van der Waals surface area (Å²) < 4.78 is 0. The Morgan fingerprint density at radius 2 is 2.56 bits per heavy atom. The molecule has 0 radical (unpaired) electrons. The topological polar surface area (TPSA) is 23.8 Å². The zero-order chi connectivity index (χ0) is 6.69. The Labute approximate surface area is 55.3 Å². The highest BCUT2D eigenvalue weighted by Crippen LogP contribution is 2.20. The van der Waals surface area contributed by atoms with Crippen molar-refractivity contribution in [3.8, 4) is 6.07 Å². The van der Waals surface area contributed by atoms with Crippen LogP contribution in [0.4, 0.5) is 0 Å². The summed E-state index contributed by atoms with van der Waals surface area (Å²) >= 11 is 0. The first kappa shape index (κ1) is 6.10. The van der Waals surface area contributed by atoms with Gasteiger partial charge in [0.1, 0.15) is 0 Å². The number of nitrogens with zero attached hydrogens (tertiary/aromatic N) is 1. The Kier molecular flexibility index (Phi) is 1.69. The minimum Gasteiger partial charge on any atom is -0.197 e. The van der Waals surface area contributed by atoms with Gasteiger partial charge in [0, 0.05) is 0 Å². The second kappa shape index (κ2) is 2.50. The van der Waals surface area contributed by atoms with Crippen LogP contribution in [-0.4, -0.2) is 0 Å². The van der Waals surface area contributed by atoms with Crippen LogP contribution in [0.5, 0.6) is 0 Å². The van der Waals surface area contributed by atoms with E-state index in [1.165, 1.54) is 5.57 Å². The van der Waals surface area contributed by atoms with Crippen molar-refractivity contribution < 1.29 is 0 Å². The van der Waals surface area contributed by atoms with Crippen LogP contribution in [0.25, 0.3) is 0 Å². The summed E-state index contributed by atoms with van der Waals surface area (Å²) in [6, 6.07) is 2.21. The van der Waals surface area contributed by atoms with E-state index in [2.05, 4.69) is 13.0 Å². The van der Waals surface area contributed by atoms with Gasteiger partial charge in [-0.3, -0.25) is 0 Å². The molecule has 0 amide bonds. The fraction of sp³-hybridized carbons (Fsp3) is 0.375. The van der Waals surface area contributed by atoms with Crippen LogP contribution in [0.2, 0.25) is 0 Å². The van der Waals surface area contributed by atoms with E-state index in [1.54, 1.807) is 0 Å². The molecule has 1 rings (SSSR count). The lowest BCUT2D eigenvalue weighted by molar-refractivity contribution is 0.918. The molecule has 0 heterocycles. The lowest BCUT2D eigenvalue weighted by Crippen LogP contribution is -1.91. The Morgan fingerprint density at radius 3 is 3.00 bits per heavy atom. The van der Waals surface area contributed by atoms with E-state index in [0.717, 1.165) is 6.42 Å².